The maximum atomic E-state index is 11.4. The van der Waals surface area contributed by atoms with E-state index in [1.165, 1.54) is 0 Å². The molecular formula is C15H13IN2O. The fourth-order valence-corrected chi connectivity index (χ4v) is 3.07. The van der Waals surface area contributed by atoms with Crippen molar-refractivity contribution in [2.75, 3.05) is 5.32 Å². The van der Waals surface area contributed by atoms with Gasteiger partial charge in [0.1, 0.15) is 0 Å². The number of benzene rings is 2. The molecule has 3 nitrogen and oxygen atoms in total. The number of halogens is 1. The molecule has 0 radical (unpaired) electrons. The molecular weight excluding hydrogens is 351 g/mol. The monoisotopic (exact) mass is 364 g/mol. The number of amides is 1. The minimum atomic E-state index is -0.158. The summed E-state index contributed by atoms with van der Waals surface area (Å²) in [7, 11) is 0. The maximum absolute atomic E-state index is 11.4. The van der Waals surface area contributed by atoms with Crippen molar-refractivity contribution < 1.29 is 4.79 Å². The summed E-state index contributed by atoms with van der Waals surface area (Å²) >= 11 is 2.30. The lowest BCUT2D eigenvalue weighted by atomic mass is 9.97. The molecule has 1 atom stereocenters. The van der Waals surface area contributed by atoms with Gasteiger partial charge in [0.15, 0.2) is 0 Å². The van der Waals surface area contributed by atoms with Crippen molar-refractivity contribution in [2.24, 2.45) is 5.73 Å². The SMILES string of the molecule is NC(c1ccc2c(c1)CC(=O)N2)c1ccccc1I. The van der Waals surface area contributed by atoms with Crippen molar-refractivity contribution in [3.8, 4) is 0 Å². The third-order valence-electron chi connectivity index (χ3n) is 3.35. The number of rotatable bonds is 2. The largest absolute Gasteiger partial charge is 0.326 e. The molecule has 2 aromatic rings. The molecule has 1 amide bonds. The third kappa shape index (κ3) is 2.37. The fourth-order valence-electron chi connectivity index (χ4n) is 2.35. The van der Waals surface area contributed by atoms with Crippen LogP contribution >= 0.6 is 22.6 Å². The topological polar surface area (TPSA) is 55.1 Å². The van der Waals surface area contributed by atoms with Gasteiger partial charge in [-0.25, -0.2) is 0 Å². The van der Waals surface area contributed by atoms with Gasteiger partial charge in [-0.05, 0) is 51.4 Å². The van der Waals surface area contributed by atoms with E-state index < -0.39 is 0 Å². The van der Waals surface area contributed by atoms with Gasteiger partial charge in [-0.2, -0.15) is 0 Å². The average molecular weight is 364 g/mol. The summed E-state index contributed by atoms with van der Waals surface area (Å²) in [5, 5.41) is 2.83. The van der Waals surface area contributed by atoms with Crippen LogP contribution in [0.2, 0.25) is 0 Å². The second-order valence-corrected chi connectivity index (χ2v) is 5.80. The van der Waals surface area contributed by atoms with Gasteiger partial charge in [-0.15, -0.1) is 0 Å². The highest BCUT2D eigenvalue weighted by molar-refractivity contribution is 14.1. The number of carbonyl (C=O) groups excluding carboxylic acids is 1. The highest BCUT2D eigenvalue weighted by Crippen LogP contribution is 2.29. The molecule has 1 heterocycles. The average Bonchev–Trinajstić information content (AvgIpc) is 2.77. The summed E-state index contributed by atoms with van der Waals surface area (Å²) in [5.41, 5.74) is 10.4. The zero-order valence-electron chi connectivity index (χ0n) is 10.2. The molecule has 0 aliphatic carbocycles. The van der Waals surface area contributed by atoms with Gasteiger partial charge < -0.3 is 11.1 Å². The summed E-state index contributed by atoms with van der Waals surface area (Å²) in [6.07, 6.45) is 0.446. The Hall–Kier alpha value is -1.40. The third-order valence-corrected chi connectivity index (χ3v) is 4.34. The van der Waals surface area contributed by atoms with Crippen LogP contribution in [0.4, 0.5) is 5.69 Å². The Labute approximate surface area is 125 Å². The van der Waals surface area contributed by atoms with Gasteiger partial charge in [-0.1, -0.05) is 30.3 Å². The maximum Gasteiger partial charge on any atom is 0.228 e. The molecule has 0 saturated carbocycles. The summed E-state index contributed by atoms with van der Waals surface area (Å²) in [6, 6.07) is 13.9. The molecule has 3 rings (SSSR count). The Morgan fingerprint density at radius 3 is 2.79 bits per heavy atom. The minimum Gasteiger partial charge on any atom is -0.326 e. The second kappa shape index (κ2) is 4.94. The lowest BCUT2D eigenvalue weighted by molar-refractivity contribution is -0.115. The molecule has 1 aliphatic heterocycles. The van der Waals surface area contributed by atoms with Crippen LogP contribution in [0.3, 0.4) is 0 Å². The number of fused-ring (bicyclic) bond motifs is 1. The van der Waals surface area contributed by atoms with Crippen molar-refractivity contribution in [3.63, 3.8) is 0 Å². The molecule has 1 aliphatic rings. The minimum absolute atomic E-state index is 0.0509. The van der Waals surface area contributed by atoms with E-state index in [1.807, 2.05) is 42.5 Å². The van der Waals surface area contributed by atoms with Crippen molar-refractivity contribution >= 4 is 34.2 Å². The van der Waals surface area contributed by atoms with Crippen molar-refractivity contribution in [2.45, 2.75) is 12.5 Å². The quantitative estimate of drug-likeness (QED) is 0.806. The first-order valence-electron chi connectivity index (χ1n) is 6.08. The van der Waals surface area contributed by atoms with Crippen LogP contribution < -0.4 is 11.1 Å². The van der Waals surface area contributed by atoms with E-state index in [2.05, 4.69) is 27.9 Å². The lowest BCUT2D eigenvalue weighted by Gasteiger charge is -2.15. The summed E-state index contributed by atoms with van der Waals surface area (Å²) in [5.74, 6) is 0.0509. The van der Waals surface area contributed by atoms with E-state index in [0.29, 0.717) is 6.42 Å². The van der Waals surface area contributed by atoms with Gasteiger partial charge in [0.05, 0.1) is 12.5 Å². The summed E-state index contributed by atoms with van der Waals surface area (Å²) in [6.45, 7) is 0. The summed E-state index contributed by atoms with van der Waals surface area (Å²) < 4.78 is 1.15. The molecule has 96 valence electrons. The van der Waals surface area contributed by atoms with Crippen LogP contribution in [0, 0.1) is 3.57 Å². The summed E-state index contributed by atoms with van der Waals surface area (Å²) in [4.78, 5) is 11.4. The van der Waals surface area contributed by atoms with Crippen LogP contribution in [0.1, 0.15) is 22.7 Å². The molecule has 0 aromatic heterocycles. The number of nitrogens with one attached hydrogen (secondary N) is 1. The second-order valence-electron chi connectivity index (χ2n) is 4.64. The number of anilines is 1. The highest BCUT2D eigenvalue weighted by Gasteiger charge is 2.19. The van der Waals surface area contributed by atoms with Crippen molar-refractivity contribution in [1.29, 1.82) is 0 Å². The van der Waals surface area contributed by atoms with E-state index in [4.69, 9.17) is 5.73 Å². The van der Waals surface area contributed by atoms with E-state index in [-0.39, 0.29) is 11.9 Å². The molecule has 0 fully saturated rings. The van der Waals surface area contributed by atoms with Gasteiger partial charge >= 0.3 is 0 Å². The zero-order chi connectivity index (χ0) is 13.4. The number of hydrogen-bond acceptors (Lipinski definition) is 2. The first-order chi connectivity index (χ1) is 9.15. The molecule has 0 spiro atoms. The smallest absolute Gasteiger partial charge is 0.228 e. The van der Waals surface area contributed by atoms with Crippen molar-refractivity contribution in [1.82, 2.24) is 0 Å². The normalized spacial score (nSPS) is 14.9. The number of nitrogens with two attached hydrogens (primary N) is 1. The first-order valence-corrected chi connectivity index (χ1v) is 7.16. The van der Waals surface area contributed by atoms with E-state index in [0.717, 1.165) is 25.9 Å². The standard InChI is InChI=1S/C15H13IN2O/c16-12-4-2-1-3-11(12)15(17)9-5-6-13-10(7-9)8-14(19)18-13/h1-7,15H,8,17H2,(H,18,19). The molecule has 4 heteroatoms. The van der Waals surface area contributed by atoms with Crippen molar-refractivity contribution in [3.05, 3.63) is 62.7 Å². The van der Waals surface area contributed by atoms with Crippen LogP contribution in [-0.2, 0) is 11.2 Å². The molecule has 0 saturated heterocycles. The lowest BCUT2D eigenvalue weighted by Crippen LogP contribution is -2.13. The van der Waals surface area contributed by atoms with E-state index in [1.54, 1.807) is 0 Å². The van der Waals surface area contributed by atoms with Crippen LogP contribution in [-0.4, -0.2) is 5.91 Å². The Bertz CT molecular complexity index is 654. The Balaban J connectivity index is 1.97. The van der Waals surface area contributed by atoms with Gasteiger partial charge in [0, 0.05) is 9.26 Å². The van der Waals surface area contributed by atoms with E-state index in [9.17, 15) is 4.79 Å². The Morgan fingerprint density at radius 2 is 2.00 bits per heavy atom. The number of carbonyl (C=O) groups is 1. The fraction of sp³-hybridized carbons (Fsp3) is 0.133. The van der Waals surface area contributed by atoms with E-state index >= 15 is 0 Å². The first kappa shape index (κ1) is 12.6. The molecule has 19 heavy (non-hydrogen) atoms. The van der Waals surface area contributed by atoms with Gasteiger partial charge in [0.2, 0.25) is 5.91 Å². The Kier molecular flexibility index (Phi) is 3.28. The molecule has 0 bridgehead atoms. The molecule has 1 unspecified atom stereocenters. The van der Waals surface area contributed by atoms with Crippen LogP contribution in [0.25, 0.3) is 0 Å². The zero-order valence-corrected chi connectivity index (χ0v) is 12.3. The predicted molar refractivity (Wildman–Crippen MR) is 84.0 cm³/mol. The predicted octanol–water partition coefficient (Wildman–Crippen LogP) is 2.83. The Morgan fingerprint density at radius 1 is 1.21 bits per heavy atom. The highest BCUT2D eigenvalue weighted by atomic mass is 127. The number of hydrogen-bond donors (Lipinski definition) is 2. The van der Waals surface area contributed by atoms with Crippen LogP contribution in [0.5, 0.6) is 0 Å². The molecule has 3 N–H and O–H groups in total. The van der Waals surface area contributed by atoms with Crippen LogP contribution in [0.15, 0.2) is 42.5 Å². The van der Waals surface area contributed by atoms with Gasteiger partial charge in [0.25, 0.3) is 0 Å². The molecule has 2 aromatic carbocycles. The van der Waals surface area contributed by atoms with Gasteiger partial charge in [-0.3, -0.25) is 4.79 Å².